The van der Waals surface area contributed by atoms with Gasteiger partial charge in [0, 0.05) is 13.2 Å². The van der Waals surface area contributed by atoms with Crippen LogP contribution in [0.15, 0.2) is 0 Å². The van der Waals surface area contributed by atoms with E-state index in [0.29, 0.717) is 19.8 Å². The van der Waals surface area contributed by atoms with Crippen molar-refractivity contribution in [2.24, 2.45) is 11.8 Å². The highest BCUT2D eigenvalue weighted by atomic mass is 16.5. The van der Waals surface area contributed by atoms with E-state index in [0.717, 1.165) is 6.42 Å². The largest absolute Gasteiger partial charge is 0.394 e. The maximum Gasteiger partial charge on any atom is 0.226 e. The Hall–Kier alpha value is -0.650. The maximum atomic E-state index is 12.0. The van der Waals surface area contributed by atoms with Crippen molar-refractivity contribution in [3.05, 3.63) is 0 Å². The fraction of sp³-hybridized carbons (Fsp3) is 0.923. The molecule has 0 aromatic rings. The zero-order chi connectivity index (χ0) is 13.5. The summed E-state index contributed by atoms with van der Waals surface area (Å²) in [5.41, 5.74) is 0. The average Bonchev–Trinajstić information content (AvgIpc) is 2.58. The molecule has 1 heterocycles. The molecule has 4 unspecified atom stereocenters. The highest BCUT2D eigenvalue weighted by molar-refractivity contribution is 5.79. The number of nitrogens with one attached hydrogen (secondary N) is 1. The first-order valence-corrected chi connectivity index (χ1v) is 6.69. The first-order valence-electron chi connectivity index (χ1n) is 6.69. The van der Waals surface area contributed by atoms with Crippen LogP contribution in [0.5, 0.6) is 0 Å². The first-order chi connectivity index (χ1) is 8.57. The molecule has 4 atom stereocenters. The summed E-state index contributed by atoms with van der Waals surface area (Å²) in [4.78, 5) is 12.0. The number of hydrogen-bond acceptors (Lipinski definition) is 4. The molecule has 0 saturated carbocycles. The van der Waals surface area contributed by atoms with Gasteiger partial charge < -0.3 is 19.9 Å². The Bertz CT molecular complexity index is 259. The number of amides is 1. The molecule has 18 heavy (non-hydrogen) atoms. The Kier molecular flexibility index (Phi) is 6.60. The zero-order valence-electron chi connectivity index (χ0n) is 11.5. The van der Waals surface area contributed by atoms with Crippen molar-refractivity contribution < 1.29 is 19.4 Å². The van der Waals surface area contributed by atoms with Crippen LogP contribution in [0.3, 0.4) is 0 Å². The summed E-state index contributed by atoms with van der Waals surface area (Å²) >= 11 is 0. The fourth-order valence-electron chi connectivity index (χ4n) is 2.39. The van der Waals surface area contributed by atoms with Gasteiger partial charge in [0.05, 0.1) is 31.3 Å². The second kappa shape index (κ2) is 7.71. The van der Waals surface area contributed by atoms with Crippen LogP contribution in [0.1, 0.15) is 27.2 Å². The van der Waals surface area contributed by atoms with Crippen molar-refractivity contribution in [3.8, 4) is 0 Å². The van der Waals surface area contributed by atoms with Crippen LogP contribution < -0.4 is 5.32 Å². The third-order valence-electron chi connectivity index (χ3n) is 3.54. The van der Waals surface area contributed by atoms with Crippen LogP contribution in [0.2, 0.25) is 0 Å². The SMILES string of the molecule is CC1OC(C)C(C(=O)NCCCOCCO)C1C. The molecule has 0 radical (unpaired) electrons. The van der Waals surface area contributed by atoms with Gasteiger partial charge in [-0.2, -0.15) is 0 Å². The normalized spacial score (nSPS) is 31.6. The summed E-state index contributed by atoms with van der Waals surface area (Å²) in [5.74, 6) is 0.269. The van der Waals surface area contributed by atoms with Crippen LogP contribution in [0.4, 0.5) is 0 Å². The lowest BCUT2D eigenvalue weighted by Crippen LogP contribution is -2.38. The molecule has 0 aromatic heterocycles. The maximum absolute atomic E-state index is 12.0. The quantitative estimate of drug-likeness (QED) is 0.656. The van der Waals surface area contributed by atoms with E-state index in [1.54, 1.807) is 0 Å². The standard InChI is InChI=1S/C13H25NO4/c1-9-10(2)18-11(3)12(9)13(16)14-5-4-7-17-8-6-15/h9-12,15H,4-8H2,1-3H3,(H,14,16). The minimum Gasteiger partial charge on any atom is -0.394 e. The van der Waals surface area contributed by atoms with Gasteiger partial charge in [0.2, 0.25) is 5.91 Å². The molecule has 2 N–H and O–H groups in total. The summed E-state index contributed by atoms with van der Waals surface area (Å²) in [7, 11) is 0. The number of hydrogen-bond donors (Lipinski definition) is 2. The minimum atomic E-state index is -0.0571. The minimum absolute atomic E-state index is 0.0133. The Labute approximate surface area is 109 Å². The van der Waals surface area contributed by atoms with Crippen LogP contribution in [-0.4, -0.2) is 49.6 Å². The number of ether oxygens (including phenoxy) is 2. The summed E-state index contributed by atoms with van der Waals surface area (Å²) in [6.45, 7) is 7.58. The van der Waals surface area contributed by atoms with Crippen LogP contribution in [0, 0.1) is 11.8 Å². The monoisotopic (exact) mass is 259 g/mol. The van der Waals surface area contributed by atoms with Gasteiger partial charge in [-0.15, -0.1) is 0 Å². The van der Waals surface area contributed by atoms with Gasteiger partial charge in [-0.1, -0.05) is 6.92 Å². The number of aliphatic hydroxyl groups is 1. The van der Waals surface area contributed by atoms with Crippen molar-refractivity contribution in [3.63, 3.8) is 0 Å². The Balaban J connectivity index is 2.20. The van der Waals surface area contributed by atoms with E-state index in [-0.39, 0.29) is 36.6 Å². The molecule has 106 valence electrons. The van der Waals surface area contributed by atoms with Gasteiger partial charge in [-0.25, -0.2) is 0 Å². The van der Waals surface area contributed by atoms with E-state index in [9.17, 15) is 4.79 Å². The Morgan fingerprint density at radius 1 is 1.28 bits per heavy atom. The summed E-state index contributed by atoms with van der Waals surface area (Å²) in [6, 6.07) is 0. The van der Waals surface area contributed by atoms with Gasteiger partial charge >= 0.3 is 0 Å². The van der Waals surface area contributed by atoms with Gasteiger partial charge in [-0.3, -0.25) is 4.79 Å². The van der Waals surface area contributed by atoms with Crippen LogP contribution in [0.25, 0.3) is 0 Å². The highest BCUT2D eigenvalue weighted by Gasteiger charge is 2.41. The van der Waals surface area contributed by atoms with Crippen LogP contribution >= 0.6 is 0 Å². The molecule has 0 aromatic carbocycles. The lowest BCUT2D eigenvalue weighted by Gasteiger charge is -2.17. The van der Waals surface area contributed by atoms with Gasteiger partial charge in [0.15, 0.2) is 0 Å². The molecule has 5 heteroatoms. The van der Waals surface area contributed by atoms with Gasteiger partial charge in [-0.05, 0) is 26.2 Å². The number of carbonyl (C=O) groups is 1. The second-order valence-electron chi connectivity index (χ2n) is 4.91. The molecule has 1 fully saturated rings. The predicted molar refractivity (Wildman–Crippen MR) is 68.2 cm³/mol. The third-order valence-corrected chi connectivity index (χ3v) is 3.54. The van der Waals surface area contributed by atoms with E-state index in [4.69, 9.17) is 14.6 Å². The van der Waals surface area contributed by atoms with Crippen molar-refractivity contribution >= 4 is 5.91 Å². The van der Waals surface area contributed by atoms with Crippen molar-refractivity contribution in [2.75, 3.05) is 26.4 Å². The molecular weight excluding hydrogens is 234 g/mol. The van der Waals surface area contributed by atoms with E-state index in [1.807, 2.05) is 13.8 Å². The molecular formula is C13H25NO4. The van der Waals surface area contributed by atoms with Gasteiger partial charge in [0.1, 0.15) is 0 Å². The van der Waals surface area contributed by atoms with E-state index in [2.05, 4.69) is 12.2 Å². The van der Waals surface area contributed by atoms with E-state index >= 15 is 0 Å². The average molecular weight is 259 g/mol. The predicted octanol–water partition coefficient (Wildman–Crippen LogP) is 0.561. The molecule has 1 rings (SSSR count). The van der Waals surface area contributed by atoms with Gasteiger partial charge in [0.25, 0.3) is 0 Å². The number of aliphatic hydroxyl groups excluding tert-OH is 1. The Morgan fingerprint density at radius 3 is 2.56 bits per heavy atom. The summed E-state index contributed by atoms with van der Waals surface area (Å²) < 4.78 is 10.8. The van der Waals surface area contributed by atoms with Crippen molar-refractivity contribution in [1.82, 2.24) is 5.32 Å². The second-order valence-corrected chi connectivity index (χ2v) is 4.91. The van der Waals surface area contributed by atoms with Crippen molar-refractivity contribution in [2.45, 2.75) is 39.4 Å². The molecule has 0 bridgehead atoms. The third kappa shape index (κ3) is 4.23. The molecule has 1 saturated heterocycles. The molecule has 1 aliphatic heterocycles. The molecule has 1 aliphatic rings. The summed E-state index contributed by atoms with van der Waals surface area (Å²) in [6.07, 6.45) is 0.890. The molecule has 1 amide bonds. The lowest BCUT2D eigenvalue weighted by atomic mass is 9.89. The molecule has 5 nitrogen and oxygen atoms in total. The zero-order valence-corrected chi connectivity index (χ0v) is 11.5. The topological polar surface area (TPSA) is 67.8 Å². The Morgan fingerprint density at radius 2 is 2.00 bits per heavy atom. The first kappa shape index (κ1) is 15.4. The van der Waals surface area contributed by atoms with E-state index in [1.165, 1.54) is 0 Å². The highest BCUT2D eigenvalue weighted by Crippen LogP contribution is 2.32. The van der Waals surface area contributed by atoms with Crippen molar-refractivity contribution in [1.29, 1.82) is 0 Å². The molecule has 0 aliphatic carbocycles. The van der Waals surface area contributed by atoms with Crippen LogP contribution in [-0.2, 0) is 14.3 Å². The molecule has 0 spiro atoms. The summed E-state index contributed by atoms with van der Waals surface area (Å²) in [5, 5.41) is 11.5. The number of carbonyl (C=O) groups excluding carboxylic acids is 1. The smallest absolute Gasteiger partial charge is 0.226 e. The number of rotatable bonds is 7. The fourth-order valence-corrected chi connectivity index (χ4v) is 2.39. The van der Waals surface area contributed by atoms with E-state index < -0.39 is 0 Å². The lowest BCUT2D eigenvalue weighted by molar-refractivity contribution is -0.127.